The Morgan fingerprint density at radius 2 is 1.42 bits per heavy atom. The Morgan fingerprint density at radius 1 is 1.11 bits per heavy atom. The highest BCUT2D eigenvalue weighted by atomic mass is 16.4. The number of aliphatic carboxylic acids is 1. The third-order valence-corrected chi connectivity index (χ3v) is 1.42. The van der Waals surface area contributed by atoms with E-state index < -0.39 is 37.0 Å². The monoisotopic (exact) mass is 286 g/mol. The number of aliphatic hydroxyl groups excluding tert-OH is 6. The second-order valence-electron chi connectivity index (χ2n) is 3.19. The molecule has 0 aliphatic carbocycles. The molecule has 116 valence electrons. The van der Waals surface area contributed by atoms with Gasteiger partial charge in [-0.05, 0) is 6.92 Å². The van der Waals surface area contributed by atoms with Gasteiger partial charge in [0.25, 0.3) is 5.97 Å². The molecule has 0 aromatic rings. The standard InChI is InChI=1S/C6H12O6.C2H4O2.C2H6O/c7-1-3(9)5(11)6(12)4(10)2-8;1-2(3)4;1-2-3/h1,3-6,8-12H,2H2;1H3,(H,3,4);3H,2H2,1H3/t3-,4+,5+,6+;;/m0../s1. The number of hydrogen-bond acceptors (Lipinski definition) is 8. The maximum atomic E-state index is 9.90. The zero-order valence-corrected chi connectivity index (χ0v) is 10.7. The average molecular weight is 286 g/mol. The molecule has 0 aromatic heterocycles. The number of aldehydes is 1. The molecule has 19 heavy (non-hydrogen) atoms. The van der Waals surface area contributed by atoms with Crippen molar-refractivity contribution in [2.24, 2.45) is 0 Å². The van der Waals surface area contributed by atoms with Gasteiger partial charge in [-0.2, -0.15) is 0 Å². The quantitative estimate of drug-likeness (QED) is 0.255. The van der Waals surface area contributed by atoms with Crippen LogP contribution in [0.4, 0.5) is 0 Å². The van der Waals surface area contributed by atoms with Crippen LogP contribution in [0.15, 0.2) is 0 Å². The number of rotatable bonds is 5. The van der Waals surface area contributed by atoms with E-state index in [1.54, 1.807) is 6.92 Å². The van der Waals surface area contributed by atoms with Crippen LogP contribution < -0.4 is 0 Å². The number of carbonyl (C=O) groups is 2. The molecule has 9 nitrogen and oxygen atoms in total. The maximum Gasteiger partial charge on any atom is 0.300 e. The molecule has 0 rings (SSSR count). The lowest BCUT2D eigenvalue weighted by atomic mass is 10.0. The van der Waals surface area contributed by atoms with Gasteiger partial charge in [-0.3, -0.25) is 4.79 Å². The molecule has 0 bridgehead atoms. The first-order chi connectivity index (χ1) is 8.69. The first-order valence-corrected chi connectivity index (χ1v) is 5.28. The minimum atomic E-state index is -1.79. The van der Waals surface area contributed by atoms with E-state index in [4.69, 9.17) is 40.5 Å². The number of carboxylic acids is 1. The molecule has 0 aromatic carbocycles. The fraction of sp³-hybridized carbons (Fsp3) is 0.800. The molecule has 0 amide bonds. The molecular formula is C10H22O9. The van der Waals surface area contributed by atoms with Crippen LogP contribution in [0.3, 0.4) is 0 Å². The van der Waals surface area contributed by atoms with Crippen LogP contribution >= 0.6 is 0 Å². The predicted octanol–water partition coefficient (Wildman–Crippen LogP) is -3.29. The molecule has 4 atom stereocenters. The zero-order valence-electron chi connectivity index (χ0n) is 10.7. The van der Waals surface area contributed by atoms with Gasteiger partial charge in [-0.1, -0.05) is 0 Å². The minimum absolute atomic E-state index is 0.0258. The summed E-state index contributed by atoms with van der Waals surface area (Å²) in [6.45, 7) is 2.25. The number of carboxylic acid groups (broad SMARTS) is 1. The smallest absolute Gasteiger partial charge is 0.300 e. The van der Waals surface area contributed by atoms with Crippen molar-refractivity contribution in [1.82, 2.24) is 0 Å². The SMILES string of the molecule is CC(=O)O.CCO.O=C[C@H](O)[C@@H](O)[C@H](O)[C@H](O)CO. The van der Waals surface area contributed by atoms with Crippen LogP contribution in [0, 0.1) is 0 Å². The average Bonchev–Trinajstić information content (AvgIpc) is 2.35. The molecule has 0 spiro atoms. The van der Waals surface area contributed by atoms with Crippen LogP contribution in [-0.2, 0) is 9.59 Å². The van der Waals surface area contributed by atoms with E-state index in [9.17, 15) is 4.79 Å². The van der Waals surface area contributed by atoms with Crippen molar-refractivity contribution >= 4 is 12.3 Å². The molecule has 9 heteroatoms. The van der Waals surface area contributed by atoms with Crippen molar-refractivity contribution < 1.29 is 45.3 Å². The van der Waals surface area contributed by atoms with E-state index in [1.165, 1.54) is 0 Å². The fourth-order valence-electron chi connectivity index (χ4n) is 0.618. The van der Waals surface area contributed by atoms with Crippen LogP contribution in [0.2, 0.25) is 0 Å². The van der Waals surface area contributed by atoms with E-state index >= 15 is 0 Å². The molecule has 0 fully saturated rings. The summed E-state index contributed by atoms with van der Waals surface area (Å²) in [5.41, 5.74) is 0. The Kier molecular flexibility index (Phi) is 18.1. The Hall–Kier alpha value is -1.10. The van der Waals surface area contributed by atoms with Gasteiger partial charge in [0.1, 0.15) is 24.4 Å². The van der Waals surface area contributed by atoms with Gasteiger partial charge in [0.15, 0.2) is 6.29 Å². The molecule has 0 aliphatic rings. The maximum absolute atomic E-state index is 9.90. The zero-order chi connectivity index (χ0) is 16.0. The summed E-state index contributed by atoms with van der Waals surface area (Å²) in [5.74, 6) is -0.833. The Labute approximate surface area is 110 Å². The normalized spacial score (nSPS) is 15.6. The molecule has 0 saturated carbocycles. The second kappa shape index (κ2) is 15.0. The second-order valence-corrected chi connectivity index (χ2v) is 3.19. The summed E-state index contributed by atoms with van der Waals surface area (Å²) in [5, 5.41) is 58.5. The predicted molar refractivity (Wildman–Crippen MR) is 63.2 cm³/mol. The summed E-state index contributed by atoms with van der Waals surface area (Å²) in [4.78, 5) is 18.9. The first-order valence-electron chi connectivity index (χ1n) is 5.28. The lowest BCUT2D eigenvalue weighted by Crippen LogP contribution is -2.46. The van der Waals surface area contributed by atoms with Crippen LogP contribution in [0.25, 0.3) is 0 Å². The molecule has 0 heterocycles. The van der Waals surface area contributed by atoms with E-state index in [2.05, 4.69) is 0 Å². The van der Waals surface area contributed by atoms with E-state index in [-0.39, 0.29) is 12.9 Å². The molecule has 7 N–H and O–H groups in total. The Balaban J connectivity index is -0.000000303. The summed E-state index contributed by atoms with van der Waals surface area (Å²) < 4.78 is 0. The summed E-state index contributed by atoms with van der Waals surface area (Å²) in [7, 11) is 0. The van der Waals surface area contributed by atoms with Crippen molar-refractivity contribution in [3.8, 4) is 0 Å². The van der Waals surface area contributed by atoms with Gasteiger partial charge in [0.2, 0.25) is 0 Å². The highest BCUT2D eigenvalue weighted by Gasteiger charge is 2.29. The van der Waals surface area contributed by atoms with Gasteiger partial charge < -0.3 is 40.5 Å². The summed E-state index contributed by atoms with van der Waals surface area (Å²) in [6, 6.07) is 0. The van der Waals surface area contributed by atoms with Crippen LogP contribution in [0.5, 0.6) is 0 Å². The molecule has 0 aliphatic heterocycles. The van der Waals surface area contributed by atoms with Crippen molar-refractivity contribution in [3.63, 3.8) is 0 Å². The molecule has 0 saturated heterocycles. The van der Waals surface area contributed by atoms with Crippen LogP contribution in [-0.4, -0.2) is 85.6 Å². The van der Waals surface area contributed by atoms with E-state index in [0.29, 0.717) is 0 Å². The number of carbonyl (C=O) groups excluding carboxylic acids is 1. The fourth-order valence-corrected chi connectivity index (χ4v) is 0.618. The van der Waals surface area contributed by atoms with Crippen molar-refractivity contribution in [2.45, 2.75) is 38.3 Å². The highest BCUT2D eigenvalue weighted by molar-refractivity contribution is 5.62. The van der Waals surface area contributed by atoms with Crippen molar-refractivity contribution in [3.05, 3.63) is 0 Å². The van der Waals surface area contributed by atoms with Gasteiger partial charge in [0, 0.05) is 13.5 Å². The van der Waals surface area contributed by atoms with Gasteiger partial charge in [-0.25, -0.2) is 0 Å². The molecule has 0 unspecified atom stereocenters. The topological polar surface area (TPSA) is 176 Å². The lowest BCUT2D eigenvalue weighted by molar-refractivity contribution is -0.136. The largest absolute Gasteiger partial charge is 0.481 e. The van der Waals surface area contributed by atoms with Gasteiger partial charge in [0.05, 0.1) is 6.61 Å². The molecule has 0 radical (unpaired) electrons. The third-order valence-electron chi connectivity index (χ3n) is 1.42. The van der Waals surface area contributed by atoms with Gasteiger partial charge in [-0.15, -0.1) is 0 Å². The number of aliphatic hydroxyl groups is 6. The Bertz CT molecular complexity index is 217. The van der Waals surface area contributed by atoms with Gasteiger partial charge >= 0.3 is 0 Å². The van der Waals surface area contributed by atoms with Crippen molar-refractivity contribution in [2.75, 3.05) is 13.2 Å². The van der Waals surface area contributed by atoms with Crippen LogP contribution in [0.1, 0.15) is 13.8 Å². The number of hydrogen-bond donors (Lipinski definition) is 7. The van der Waals surface area contributed by atoms with E-state index in [1.807, 2.05) is 0 Å². The first kappa shape index (κ1) is 23.0. The van der Waals surface area contributed by atoms with Crippen molar-refractivity contribution in [1.29, 1.82) is 0 Å². The lowest BCUT2D eigenvalue weighted by Gasteiger charge is -2.22. The Morgan fingerprint density at radius 3 is 1.63 bits per heavy atom. The summed E-state index contributed by atoms with van der Waals surface area (Å²) >= 11 is 0. The van der Waals surface area contributed by atoms with E-state index in [0.717, 1.165) is 6.92 Å². The summed E-state index contributed by atoms with van der Waals surface area (Å²) in [6.07, 6.45) is -6.84. The highest BCUT2D eigenvalue weighted by Crippen LogP contribution is 2.02. The minimum Gasteiger partial charge on any atom is -0.481 e. The third kappa shape index (κ3) is 16.9. The molecular weight excluding hydrogens is 264 g/mol.